The number of rotatable bonds is 12. The van der Waals surface area contributed by atoms with Crippen LogP contribution in [-0.2, 0) is 21.2 Å². The van der Waals surface area contributed by atoms with Crippen molar-refractivity contribution in [3.63, 3.8) is 0 Å². The van der Waals surface area contributed by atoms with Crippen molar-refractivity contribution in [1.29, 1.82) is 0 Å². The third-order valence-electron chi connectivity index (χ3n) is 9.16. The monoisotopic (exact) mass is 641 g/mol. The van der Waals surface area contributed by atoms with Crippen LogP contribution in [0.25, 0.3) is 10.9 Å². The molecule has 5 rings (SSSR count). The number of benzene rings is 2. The van der Waals surface area contributed by atoms with Crippen molar-refractivity contribution in [2.75, 3.05) is 18.9 Å². The van der Waals surface area contributed by atoms with E-state index in [0.29, 0.717) is 37.0 Å². The molecule has 3 aromatic rings. The fraction of sp³-hybridized carbons (Fsp3) is 0.529. The molecule has 2 aromatic carbocycles. The van der Waals surface area contributed by atoms with Crippen molar-refractivity contribution < 1.29 is 22.7 Å². The van der Waals surface area contributed by atoms with Gasteiger partial charge >= 0.3 is 0 Å². The van der Waals surface area contributed by atoms with Gasteiger partial charge in [0.15, 0.2) is 0 Å². The maximum absolute atomic E-state index is 13.2. The van der Waals surface area contributed by atoms with Gasteiger partial charge in [0.2, 0.25) is 15.9 Å². The Balaban J connectivity index is 1.12. The first kappa shape index (κ1) is 32.4. The summed E-state index contributed by atoms with van der Waals surface area (Å²) in [6.07, 6.45) is 7.18. The number of sulfonamides is 1. The zero-order valence-electron chi connectivity index (χ0n) is 25.9. The van der Waals surface area contributed by atoms with Crippen LogP contribution in [0, 0.1) is 37.5 Å². The zero-order valence-corrected chi connectivity index (χ0v) is 27.5. The van der Waals surface area contributed by atoms with Gasteiger partial charge < -0.3 is 15.0 Å². The number of aromatic nitrogens is 1. The lowest BCUT2D eigenvalue weighted by Gasteiger charge is -2.41. The molecular weight excluding hydrogens is 598 g/mol. The van der Waals surface area contributed by atoms with Crippen LogP contribution >= 0.6 is 11.6 Å². The Hall–Kier alpha value is -3.04. The molecule has 2 saturated carbocycles. The standard InChI is InChI=1S/C34H44ClN3O5S/c1-21-13-24-17-25(14-21)19-26(18-24)20-31(39)38-44(41,42)12-10-36-34(40)33-29(28-7-4-5-9-30(28)37-33)8-6-11-43-27-15-22(2)32(35)23(3)16-27/h4-5,7,9,15-16,21,24-26,37H,6,8,10-14,17-20H2,1-3H3,(H,36,40)(H,38,39). The molecule has 44 heavy (non-hydrogen) atoms. The number of hydrogen-bond acceptors (Lipinski definition) is 5. The minimum atomic E-state index is -3.87. The highest BCUT2D eigenvalue weighted by atomic mass is 35.5. The molecule has 2 atom stereocenters. The zero-order chi connectivity index (χ0) is 31.4. The lowest BCUT2D eigenvalue weighted by atomic mass is 9.64. The number of aryl methyl sites for hydroxylation is 3. The molecule has 2 bridgehead atoms. The molecule has 3 N–H and O–H groups in total. The van der Waals surface area contributed by atoms with E-state index in [1.165, 1.54) is 19.3 Å². The Bertz CT molecular complexity index is 1580. The fourth-order valence-electron chi connectivity index (χ4n) is 7.49. The van der Waals surface area contributed by atoms with E-state index >= 15 is 0 Å². The number of ether oxygens (including phenoxy) is 1. The first-order valence-corrected chi connectivity index (χ1v) is 17.8. The summed E-state index contributed by atoms with van der Waals surface area (Å²) in [7, 11) is -3.87. The van der Waals surface area contributed by atoms with Gasteiger partial charge in [-0.3, -0.25) is 14.3 Å². The molecule has 2 aliphatic rings. The van der Waals surface area contributed by atoms with E-state index in [-0.39, 0.29) is 30.5 Å². The summed E-state index contributed by atoms with van der Waals surface area (Å²) in [6.45, 7) is 6.54. The summed E-state index contributed by atoms with van der Waals surface area (Å²) in [5.41, 5.74) is 4.01. The number of H-pyrrole nitrogens is 1. The molecule has 0 saturated heterocycles. The molecule has 1 heterocycles. The second-order valence-corrected chi connectivity index (χ2v) is 15.3. The first-order chi connectivity index (χ1) is 21.0. The number of hydrogen-bond donors (Lipinski definition) is 3. The van der Waals surface area contributed by atoms with Gasteiger partial charge in [0.05, 0.1) is 12.4 Å². The van der Waals surface area contributed by atoms with Crippen molar-refractivity contribution in [2.45, 2.75) is 72.1 Å². The number of para-hydroxylation sites is 1. The average molecular weight is 642 g/mol. The second-order valence-electron chi connectivity index (χ2n) is 13.0. The van der Waals surface area contributed by atoms with Gasteiger partial charge in [-0.1, -0.05) is 36.7 Å². The molecule has 10 heteroatoms. The molecule has 2 fully saturated rings. The topological polar surface area (TPSA) is 117 Å². The number of carbonyl (C=O) groups excluding carboxylic acids is 2. The maximum atomic E-state index is 13.2. The lowest BCUT2D eigenvalue weighted by Crippen LogP contribution is -2.39. The number of carbonyl (C=O) groups is 2. The third-order valence-corrected chi connectivity index (χ3v) is 11.0. The van der Waals surface area contributed by atoms with Crippen molar-refractivity contribution in [1.82, 2.24) is 15.0 Å². The predicted molar refractivity (Wildman–Crippen MR) is 175 cm³/mol. The average Bonchev–Trinajstić information content (AvgIpc) is 3.31. The molecule has 8 nitrogen and oxygen atoms in total. The van der Waals surface area contributed by atoms with E-state index in [2.05, 4.69) is 21.9 Å². The molecule has 0 radical (unpaired) electrons. The minimum absolute atomic E-state index is 0.111. The van der Waals surface area contributed by atoms with Crippen LogP contribution in [0.15, 0.2) is 36.4 Å². The van der Waals surface area contributed by atoms with Gasteiger partial charge in [-0.15, -0.1) is 0 Å². The van der Waals surface area contributed by atoms with Crippen molar-refractivity contribution >= 4 is 44.3 Å². The number of halogens is 1. The van der Waals surface area contributed by atoms with Gasteiger partial charge in [0, 0.05) is 28.9 Å². The Labute approximate surface area is 265 Å². The summed E-state index contributed by atoms with van der Waals surface area (Å²) in [5.74, 6) is 1.84. The van der Waals surface area contributed by atoms with Crippen molar-refractivity contribution in [3.8, 4) is 5.75 Å². The van der Waals surface area contributed by atoms with Gasteiger partial charge in [0.1, 0.15) is 11.4 Å². The van der Waals surface area contributed by atoms with E-state index in [0.717, 1.165) is 57.1 Å². The van der Waals surface area contributed by atoms with E-state index in [1.807, 2.05) is 50.2 Å². The maximum Gasteiger partial charge on any atom is 0.268 e. The summed E-state index contributed by atoms with van der Waals surface area (Å²) in [6, 6.07) is 11.5. The van der Waals surface area contributed by atoms with Gasteiger partial charge in [-0.2, -0.15) is 0 Å². The normalized spacial score (nSPS) is 21.6. The number of aromatic amines is 1. The van der Waals surface area contributed by atoms with Crippen LogP contribution in [0.4, 0.5) is 0 Å². The molecule has 0 aliphatic heterocycles. The van der Waals surface area contributed by atoms with E-state index in [1.54, 1.807) is 0 Å². The highest BCUT2D eigenvalue weighted by molar-refractivity contribution is 7.90. The summed E-state index contributed by atoms with van der Waals surface area (Å²) in [5, 5.41) is 4.41. The Morgan fingerprint density at radius 2 is 1.70 bits per heavy atom. The third kappa shape index (κ3) is 8.16. The molecular formula is C34H44ClN3O5S. The van der Waals surface area contributed by atoms with Crippen LogP contribution < -0.4 is 14.8 Å². The summed E-state index contributed by atoms with van der Waals surface area (Å²) >= 11 is 6.27. The van der Waals surface area contributed by atoms with Gasteiger partial charge in [-0.05, 0) is 117 Å². The van der Waals surface area contributed by atoms with Gasteiger partial charge in [-0.25, -0.2) is 8.42 Å². The SMILES string of the molecule is Cc1cc(OCCCc2c(C(=O)NCCS(=O)(=O)NC(=O)CC3CC4CC(C)CC(C3)C4)[nH]c3ccccc23)cc(C)c1Cl. The van der Waals surface area contributed by atoms with E-state index in [9.17, 15) is 18.0 Å². The van der Waals surface area contributed by atoms with Crippen LogP contribution in [-0.4, -0.2) is 44.1 Å². The summed E-state index contributed by atoms with van der Waals surface area (Å²) < 4.78 is 33.6. The molecule has 2 aliphatic carbocycles. The quantitative estimate of drug-likeness (QED) is 0.196. The molecule has 238 valence electrons. The molecule has 0 spiro atoms. The predicted octanol–water partition coefficient (Wildman–Crippen LogP) is 6.48. The fourth-order valence-corrected chi connectivity index (χ4v) is 8.50. The molecule has 2 amide bonds. The second kappa shape index (κ2) is 13.9. The van der Waals surface area contributed by atoms with E-state index in [4.69, 9.17) is 16.3 Å². The number of nitrogens with one attached hydrogen (secondary N) is 3. The van der Waals surface area contributed by atoms with Crippen LogP contribution in [0.1, 0.15) is 79.0 Å². The highest BCUT2D eigenvalue weighted by Gasteiger charge is 2.35. The first-order valence-electron chi connectivity index (χ1n) is 15.8. The lowest BCUT2D eigenvalue weighted by molar-refractivity contribution is -0.120. The molecule has 1 aromatic heterocycles. The minimum Gasteiger partial charge on any atom is -0.494 e. The number of fused-ring (bicyclic) bond motifs is 3. The van der Waals surface area contributed by atoms with Crippen molar-refractivity contribution in [3.05, 3.63) is 63.8 Å². The number of amides is 2. The Kier molecular flexibility index (Phi) is 10.3. The Morgan fingerprint density at radius 3 is 2.41 bits per heavy atom. The largest absolute Gasteiger partial charge is 0.494 e. The van der Waals surface area contributed by atoms with Crippen LogP contribution in [0.2, 0.25) is 5.02 Å². The highest BCUT2D eigenvalue weighted by Crippen LogP contribution is 2.45. The van der Waals surface area contributed by atoms with Crippen molar-refractivity contribution in [2.24, 2.45) is 23.7 Å². The summed E-state index contributed by atoms with van der Waals surface area (Å²) in [4.78, 5) is 29.1. The Morgan fingerprint density at radius 1 is 1.02 bits per heavy atom. The van der Waals surface area contributed by atoms with Crippen LogP contribution in [0.3, 0.4) is 0 Å². The van der Waals surface area contributed by atoms with Gasteiger partial charge in [0.25, 0.3) is 5.91 Å². The smallest absolute Gasteiger partial charge is 0.268 e. The van der Waals surface area contributed by atoms with E-state index < -0.39 is 15.9 Å². The molecule has 2 unspecified atom stereocenters. The van der Waals surface area contributed by atoms with Crippen LogP contribution in [0.5, 0.6) is 5.75 Å².